The second kappa shape index (κ2) is 60.8. The van der Waals surface area contributed by atoms with E-state index in [-0.39, 0.29) is 50.4 Å². The number of hydrogen-bond donors (Lipinski definition) is 0. The van der Waals surface area contributed by atoms with Crippen molar-refractivity contribution in [1.29, 1.82) is 0 Å². The highest BCUT2D eigenvalue weighted by molar-refractivity contribution is 5.71. The number of esters is 3. The summed E-state index contributed by atoms with van der Waals surface area (Å²) >= 11 is 0. The van der Waals surface area contributed by atoms with Crippen LogP contribution >= 0.6 is 0 Å². The molecule has 0 amide bonds. The van der Waals surface area contributed by atoms with E-state index in [1.165, 1.54) is 0 Å². The first-order valence-corrected chi connectivity index (χ1v) is 28.9. The Morgan fingerprint density at radius 3 is 0.800 bits per heavy atom. The van der Waals surface area contributed by atoms with Gasteiger partial charge in [0.15, 0.2) is 6.10 Å². The molecule has 0 radical (unpaired) electrons. The Morgan fingerprint density at radius 1 is 0.267 bits per heavy atom. The summed E-state index contributed by atoms with van der Waals surface area (Å²) in [5.74, 6) is -1.11. The predicted molar refractivity (Wildman–Crippen MR) is 324 cm³/mol. The van der Waals surface area contributed by atoms with E-state index in [9.17, 15) is 14.4 Å². The van der Waals surface area contributed by atoms with Gasteiger partial charge in [0.1, 0.15) is 13.2 Å². The van der Waals surface area contributed by atoms with E-state index in [0.29, 0.717) is 12.8 Å². The molecule has 0 rings (SSSR count). The highest BCUT2D eigenvalue weighted by atomic mass is 16.6. The molecule has 0 heterocycles. The summed E-state index contributed by atoms with van der Waals surface area (Å²) in [6.07, 6.45) is 92.9. The third kappa shape index (κ3) is 59.0. The van der Waals surface area contributed by atoms with Crippen LogP contribution < -0.4 is 0 Å². The average molecular weight is 1030 g/mol. The number of carbonyl (C=O) groups excluding carboxylic acids is 3. The number of unbranched alkanes of at least 4 members (excludes halogenated alkanes) is 6. The van der Waals surface area contributed by atoms with Crippen LogP contribution in [0.5, 0.6) is 0 Å². The number of hydrogen-bond acceptors (Lipinski definition) is 6. The minimum Gasteiger partial charge on any atom is -0.462 e. The SMILES string of the molecule is CCC=CCC=CCC=CCC=CCC=CCC=CCCC(=O)OCC(COC(=O)CCCCCC=CCC=CCC=CCC=CCC=CCC)OC(=O)CCCCCC=CCC=CCC=CCC=CCC=CCC. The summed E-state index contributed by atoms with van der Waals surface area (Å²) < 4.78 is 16.7. The first-order chi connectivity index (χ1) is 37.0. The van der Waals surface area contributed by atoms with Crippen LogP contribution in [0.2, 0.25) is 0 Å². The Morgan fingerprint density at radius 2 is 0.507 bits per heavy atom. The van der Waals surface area contributed by atoms with Crippen molar-refractivity contribution in [3.63, 3.8) is 0 Å². The van der Waals surface area contributed by atoms with E-state index < -0.39 is 6.10 Å². The maximum atomic E-state index is 12.9. The number of carbonyl (C=O) groups is 3. The lowest BCUT2D eigenvalue weighted by Crippen LogP contribution is -2.30. The van der Waals surface area contributed by atoms with Crippen molar-refractivity contribution < 1.29 is 28.6 Å². The van der Waals surface area contributed by atoms with Gasteiger partial charge in [0.25, 0.3) is 0 Å². The lowest BCUT2D eigenvalue weighted by Gasteiger charge is -2.18. The van der Waals surface area contributed by atoms with E-state index >= 15 is 0 Å². The fourth-order valence-electron chi connectivity index (χ4n) is 6.87. The molecule has 75 heavy (non-hydrogen) atoms. The Labute approximate surface area is 458 Å². The zero-order valence-corrected chi connectivity index (χ0v) is 47.2. The quantitative estimate of drug-likeness (QED) is 0.0261. The molecule has 1 atom stereocenters. The number of rotatable bonds is 49. The van der Waals surface area contributed by atoms with Crippen molar-refractivity contribution in [2.24, 2.45) is 0 Å². The zero-order valence-electron chi connectivity index (χ0n) is 47.2. The second-order valence-corrected chi connectivity index (χ2v) is 18.0. The lowest BCUT2D eigenvalue weighted by atomic mass is 10.1. The Kier molecular flexibility index (Phi) is 56.1. The van der Waals surface area contributed by atoms with Crippen LogP contribution in [0.4, 0.5) is 0 Å². The van der Waals surface area contributed by atoms with Crippen molar-refractivity contribution in [2.45, 2.75) is 207 Å². The van der Waals surface area contributed by atoms with Gasteiger partial charge in [-0.2, -0.15) is 0 Å². The van der Waals surface area contributed by atoms with Crippen LogP contribution in [-0.4, -0.2) is 37.2 Å². The summed E-state index contributed by atoms with van der Waals surface area (Å²) in [7, 11) is 0. The summed E-state index contributed by atoms with van der Waals surface area (Å²) in [5, 5.41) is 0. The van der Waals surface area contributed by atoms with Crippen molar-refractivity contribution >= 4 is 17.9 Å². The minimum absolute atomic E-state index is 0.144. The first kappa shape index (κ1) is 69.2. The molecular weight excluding hydrogens is 925 g/mol. The van der Waals surface area contributed by atoms with E-state index in [2.05, 4.69) is 203 Å². The molecule has 0 aromatic rings. The summed E-state index contributed by atoms with van der Waals surface area (Å²) in [5.41, 5.74) is 0. The fourth-order valence-corrected chi connectivity index (χ4v) is 6.87. The molecular formula is C69H102O6. The van der Waals surface area contributed by atoms with E-state index in [0.717, 1.165) is 148 Å². The zero-order chi connectivity index (χ0) is 54.3. The van der Waals surface area contributed by atoms with Crippen molar-refractivity contribution in [2.75, 3.05) is 13.2 Å². The molecule has 0 saturated heterocycles. The summed E-state index contributed by atoms with van der Waals surface area (Å²) in [6, 6.07) is 0. The monoisotopic (exact) mass is 1030 g/mol. The van der Waals surface area contributed by atoms with Crippen molar-refractivity contribution in [3.8, 4) is 0 Å². The summed E-state index contributed by atoms with van der Waals surface area (Å²) in [6.45, 7) is 6.15. The van der Waals surface area contributed by atoms with Gasteiger partial charge in [0.2, 0.25) is 0 Å². The third-order valence-electron chi connectivity index (χ3n) is 11.1. The smallest absolute Gasteiger partial charge is 0.306 e. The molecule has 0 bridgehead atoms. The highest BCUT2D eigenvalue weighted by Gasteiger charge is 2.19. The largest absolute Gasteiger partial charge is 0.462 e. The molecule has 6 heteroatoms. The molecule has 0 saturated carbocycles. The van der Waals surface area contributed by atoms with Gasteiger partial charge in [-0.25, -0.2) is 0 Å². The first-order valence-electron chi connectivity index (χ1n) is 28.9. The van der Waals surface area contributed by atoms with Gasteiger partial charge >= 0.3 is 17.9 Å². The molecule has 0 N–H and O–H groups in total. The molecule has 1 unspecified atom stereocenters. The molecule has 0 fully saturated rings. The Bertz CT molecular complexity index is 1850. The van der Waals surface area contributed by atoms with Crippen molar-refractivity contribution in [3.05, 3.63) is 194 Å². The maximum Gasteiger partial charge on any atom is 0.306 e. The number of allylic oxidation sites excluding steroid dienone is 32. The molecule has 0 aliphatic rings. The molecule has 0 spiro atoms. The van der Waals surface area contributed by atoms with Crippen molar-refractivity contribution in [1.82, 2.24) is 0 Å². The molecule has 0 aliphatic carbocycles. The van der Waals surface area contributed by atoms with Gasteiger partial charge in [-0.05, 0) is 148 Å². The van der Waals surface area contributed by atoms with Gasteiger partial charge in [-0.15, -0.1) is 0 Å². The lowest BCUT2D eigenvalue weighted by molar-refractivity contribution is -0.166. The van der Waals surface area contributed by atoms with Gasteiger partial charge < -0.3 is 14.2 Å². The standard InChI is InChI=1S/C69H102O6/c1-4-7-10-13-16-19-22-25-28-31-34-37-40-43-46-49-52-55-58-61-67(70)73-64-66(75-69(72)63-60-57-54-51-48-45-42-39-36-33-30-27-24-21-18-15-12-9-6-3)65-74-68(71)62-59-56-53-50-47-44-41-38-35-32-29-26-23-20-17-14-11-8-5-2/h7-12,16-21,25-30,34-39,43-48,52,55,66H,4-6,13-15,22-24,31-33,40-42,49-51,53-54,56-65H2,1-3H3. The van der Waals surface area contributed by atoms with Crippen LogP contribution in [0.1, 0.15) is 201 Å². The molecule has 0 aliphatic heterocycles. The average Bonchev–Trinajstić information content (AvgIpc) is 3.41. The van der Waals surface area contributed by atoms with E-state index in [1.54, 1.807) is 0 Å². The minimum atomic E-state index is -0.854. The Hall–Kier alpha value is -5.75. The van der Waals surface area contributed by atoms with Crippen LogP contribution in [0.25, 0.3) is 0 Å². The summed E-state index contributed by atoms with van der Waals surface area (Å²) in [4.78, 5) is 38.2. The van der Waals surface area contributed by atoms with Crippen LogP contribution in [0.15, 0.2) is 194 Å². The third-order valence-corrected chi connectivity index (χ3v) is 11.1. The van der Waals surface area contributed by atoms with E-state index in [4.69, 9.17) is 14.2 Å². The van der Waals surface area contributed by atoms with E-state index in [1.807, 2.05) is 12.2 Å². The molecule has 6 nitrogen and oxygen atoms in total. The molecule has 414 valence electrons. The van der Waals surface area contributed by atoms with Crippen LogP contribution in [0.3, 0.4) is 0 Å². The molecule has 0 aromatic carbocycles. The number of ether oxygens (including phenoxy) is 3. The molecule has 0 aromatic heterocycles. The highest BCUT2D eigenvalue weighted by Crippen LogP contribution is 2.10. The van der Waals surface area contributed by atoms with Gasteiger partial charge in [-0.3, -0.25) is 14.4 Å². The van der Waals surface area contributed by atoms with Gasteiger partial charge in [0, 0.05) is 19.3 Å². The van der Waals surface area contributed by atoms with Crippen LogP contribution in [0, 0.1) is 0 Å². The van der Waals surface area contributed by atoms with Gasteiger partial charge in [0.05, 0.1) is 0 Å². The maximum absolute atomic E-state index is 12.9. The normalized spacial score (nSPS) is 13.6. The topological polar surface area (TPSA) is 78.9 Å². The predicted octanol–water partition coefficient (Wildman–Crippen LogP) is 19.9. The second-order valence-electron chi connectivity index (χ2n) is 18.0. The fraction of sp³-hybridized carbons (Fsp3) is 0.493. The Balaban J connectivity index is 4.68. The van der Waals surface area contributed by atoms with Crippen LogP contribution in [-0.2, 0) is 28.6 Å². The van der Waals surface area contributed by atoms with Gasteiger partial charge in [-0.1, -0.05) is 228 Å².